The Hall–Kier alpha value is -2.10. The van der Waals surface area contributed by atoms with E-state index in [4.69, 9.17) is 8.84 Å². The highest BCUT2D eigenvalue weighted by Gasteiger charge is 2.49. The van der Waals surface area contributed by atoms with Gasteiger partial charge in [-0.25, -0.2) is 0 Å². The summed E-state index contributed by atoms with van der Waals surface area (Å²) >= 11 is 0. The second-order valence-electron chi connectivity index (χ2n) is 7.90. The van der Waals surface area contributed by atoms with Crippen LogP contribution in [0.3, 0.4) is 0 Å². The molecule has 2 aromatic carbocycles. The molecule has 0 fully saturated rings. The maximum atomic E-state index is 6.57. The molecule has 1 heterocycles. The summed E-state index contributed by atoms with van der Waals surface area (Å²) in [6.45, 7) is 8.89. The predicted molar refractivity (Wildman–Crippen MR) is 110 cm³/mol. The molecule has 1 atom stereocenters. The van der Waals surface area contributed by atoms with Gasteiger partial charge in [0.2, 0.25) is 0 Å². The van der Waals surface area contributed by atoms with E-state index >= 15 is 0 Å². The third-order valence-electron chi connectivity index (χ3n) is 5.21. The van der Waals surface area contributed by atoms with Crippen molar-refractivity contribution in [3.05, 3.63) is 95.4 Å². The maximum Gasteiger partial charge on any atom is 0.147 e. The summed E-state index contributed by atoms with van der Waals surface area (Å²) in [4.78, 5) is 0. The van der Waals surface area contributed by atoms with E-state index in [1.165, 1.54) is 16.7 Å². The van der Waals surface area contributed by atoms with E-state index in [-0.39, 0.29) is 11.3 Å². The zero-order valence-corrected chi connectivity index (χ0v) is 18.3. The summed E-state index contributed by atoms with van der Waals surface area (Å²) in [5.74, 6) is 1.07. The number of benzene rings is 2. The Kier molecular flexibility index (Phi) is 5.21. The molecule has 3 heteroatoms. The monoisotopic (exact) mass is 364 g/mol. The lowest BCUT2D eigenvalue weighted by Gasteiger charge is -2.47. The van der Waals surface area contributed by atoms with Crippen LogP contribution in [-0.2, 0) is 10.0 Å². The fourth-order valence-corrected chi connectivity index (χ4v) is 4.92. The predicted octanol–water partition coefficient (Wildman–Crippen LogP) is 4.96. The lowest BCUT2D eigenvalue weighted by Crippen LogP contribution is -2.43. The molecule has 2 nitrogen and oxygen atoms in total. The molecule has 0 amide bonds. The van der Waals surface area contributed by atoms with Crippen molar-refractivity contribution in [2.24, 2.45) is 5.41 Å². The molecule has 0 N–H and O–H groups in total. The second-order valence-corrected chi connectivity index (χ2v) is 8.31. The Morgan fingerprint density at radius 1 is 0.846 bits per heavy atom. The molecule has 3 aromatic rings. The van der Waals surface area contributed by atoms with Gasteiger partial charge in [-0.1, -0.05) is 81.4 Å². The average molecular weight is 365 g/mol. The molecular formula is C23H28O2Si. The van der Waals surface area contributed by atoms with Gasteiger partial charge in [0.15, 0.2) is 0 Å². The van der Waals surface area contributed by atoms with E-state index in [0.717, 1.165) is 5.76 Å². The molecule has 0 spiro atoms. The van der Waals surface area contributed by atoms with E-state index in [9.17, 15) is 0 Å². The Morgan fingerprint density at radius 3 is 1.69 bits per heavy atom. The first kappa shape index (κ1) is 18.7. The molecule has 0 radical (unpaired) electrons. The lowest BCUT2D eigenvalue weighted by molar-refractivity contribution is 0.0390. The van der Waals surface area contributed by atoms with Gasteiger partial charge in [0.05, 0.1) is 6.26 Å². The largest absolute Gasteiger partial charge is 0.469 e. The Labute approximate surface area is 159 Å². The molecule has 0 aliphatic rings. The van der Waals surface area contributed by atoms with Gasteiger partial charge >= 0.3 is 0 Å². The minimum Gasteiger partial charge on any atom is -0.469 e. The van der Waals surface area contributed by atoms with Gasteiger partial charge < -0.3 is 8.84 Å². The third-order valence-corrected chi connectivity index (χ3v) is 5.85. The van der Waals surface area contributed by atoms with Crippen LogP contribution in [0.4, 0.5) is 0 Å². The number of rotatable bonds is 5. The first-order valence-electron chi connectivity index (χ1n) is 9.11. The standard InChI is InChI=1S/C23H28O2Si/c1-17-20(15-16-24-17)21(22(2,3)4)23(25-26,18-11-7-5-8-12-18)19-13-9-6-10-14-19/h5-16,21H,1-4,26H3. The van der Waals surface area contributed by atoms with Gasteiger partial charge in [0.25, 0.3) is 0 Å². The van der Waals surface area contributed by atoms with E-state index in [2.05, 4.69) is 87.5 Å². The summed E-state index contributed by atoms with van der Waals surface area (Å²) in [6, 6.07) is 23.3. The molecule has 1 aromatic heterocycles. The molecule has 0 saturated heterocycles. The number of aryl methyl sites for hydroxylation is 1. The fourth-order valence-electron chi connectivity index (χ4n) is 4.21. The second kappa shape index (κ2) is 7.26. The smallest absolute Gasteiger partial charge is 0.147 e. The van der Waals surface area contributed by atoms with Crippen LogP contribution in [0.15, 0.2) is 77.4 Å². The van der Waals surface area contributed by atoms with Crippen LogP contribution in [0.2, 0.25) is 0 Å². The van der Waals surface area contributed by atoms with E-state index in [0.29, 0.717) is 10.5 Å². The highest BCUT2D eigenvalue weighted by molar-refractivity contribution is 5.98. The van der Waals surface area contributed by atoms with Crippen molar-refractivity contribution < 1.29 is 8.84 Å². The quantitative estimate of drug-likeness (QED) is 0.597. The van der Waals surface area contributed by atoms with Crippen LogP contribution in [-0.4, -0.2) is 10.5 Å². The van der Waals surface area contributed by atoms with Crippen LogP contribution in [0.25, 0.3) is 0 Å². The molecular weight excluding hydrogens is 336 g/mol. The zero-order valence-electron chi connectivity index (χ0n) is 16.3. The van der Waals surface area contributed by atoms with Crippen LogP contribution in [0.5, 0.6) is 0 Å². The molecule has 26 heavy (non-hydrogen) atoms. The Balaban J connectivity index is 2.37. The summed E-state index contributed by atoms with van der Waals surface area (Å²) in [5.41, 5.74) is 2.98. The summed E-state index contributed by atoms with van der Waals surface area (Å²) < 4.78 is 12.3. The van der Waals surface area contributed by atoms with Crippen molar-refractivity contribution in [3.63, 3.8) is 0 Å². The molecule has 0 aliphatic carbocycles. The molecule has 136 valence electrons. The van der Waals surface area contributed by atoms with Crippen molar-refractivity contribution in [3.8, 4) is 0 Å². The third kappa shape index (κ3) is 3.17. The molecule has 1 unspecified atom stereocenters. The van der Waals surface area contributed by atoms with E-state index in [1.54, 1.807) is 6.26 Å². The van der Waals surface area contributed by atoms with Crippen LogP contribution >= 0.6 is 0 Å². The summed E-state index contributed by atoms with van der Waals surface area (Å²) in [7, 11) is 0.624. The lowest BCUT2D eigenvalue weighted by atomic mass is 9.62. The molecule has 0 bridgehead atoms. The Morgan fingerprint density at radius 2 is 1.35 bits per heavy atom. The van der Waals surface area contributed by atoms with Crippen molar-refractivity contribution >= 4 is 10.5 Å². The van der Waals surface area contributed by atoms with Gasteiger partial charge in [-0.2, -0.15) is 0 Å². The highest BCUT2D eigenvalue weighted by Crippen LogP contribution is 2.54. The maximum absolute atomic E-state index is 6.57. The minimum atomic E-state index is -0.554. The number of furan rings is 1. The first-order valence-corrected chi connectivity index (χ1v) is 9.93. The molecule has 0 aliphatic heterocycles. The van der Waals surface area contributed by atoms with Crippen LogP contribution in [0, 0.1) is 12.3 Å². The topological polar surface area (TPSA) is 22.4 Å². The highest BCUT2D eigenvalue weighted by atomic mass is 28.2. The van der Waals surface area contributed by atoms with E-state index in [1.807, 2.05) is 6.92 Å². The van der Waals surface area contributed by atoms with E-state index < -0.39 is 5.60 Å². The fraction of sp³-hybridized carbons (Fsp3) is 0.304. The average Bonchev–Trinajstić information content (AvgIpc) is 3.05. The van der Waals surface area contributed by atoms with Gasteiger partial charge in [-0.3, -0.25) is 0 Å². The number of hydrogen-bond donors (Lipinski definition) is 0. The van der Waals surface area contributed by atoms with Crippen molar-refractivity contribution in [1.82, 2.24) is 0 Å². The number of hydrogen-bond acceptors (Lipinski definition) is 2. The Bertz CT molecular complexity index is 792. The summed E-state index contributed by atoms with van der Waals surface area (Å²) in [5, 5.41) is 0. The molecule has 0 saturated carbocycles. The van der Waals surface area contributed by atoms with Crippen molar-refractivity contribution in [1.29, 1.82) is 0 Å². The SMILES string of the molecule is Cc1occc1C(C(C)(C)C)C(O[SiH3])(c1ccccc1)c1ccccc1. The van der Waals surface area contributed by atoms with Crippen LogP contribution in [0.1, 0.15) is 49.1 Å². The van der Waals surface area contributed by atoms with Crippen molar-refractivity contribution in [2.75, 3.05) is 0 Å². The van der Waals surface area contributed by atoms with Crippen molar-refractivity contribution in [2.45, 2.75) is 39.2 Å². The normalized spacial score (nSPS) is 13.7. The van der Waals surface area contributed by atoms with Gasteiger partial charge in [0.1, 0.15) is 21.8 Å². The van der Waals surface area contributed by atoms with Gasteiger partial charge in [-0.05, 0) is 29.5 Å². The van der Waals surface area contributed by atoms with Crippen LogP contribution < -0.4 is 0 Å². The minimum absolute atomic E-state index is 0.0370. The molecule has 3 rings (SSSR count). The van der Waals surface area contributed by atoms with Gasteiger partial charge in [-0.15, -0.1) is 0 Å². The first-order chi connectivity index (χ1) is 12.4. The summed E-state index contributed by atoms with van der Waals surface area (Å²) in [6.07, 6.45) is 1.79. The van der Waals surface area contributed by atoms with Gasteiger partial charge in [0, 0.05) is 11.5 Å². The zero-order chi connectivity index (χ0) is 18.8.